The van der Waals surface area contributed by atoms with E-state index in [0.717, 1.165) is 58.7 Å². The number of imide groups is 1. The van der Waals surface area contributed by atoms with Crippen molar-refractivity contribution in [2.45, 2.75) is 32.3 Å². The molecule has 0 bridgehead atoms. The molecule has 39 heavy (non-hydrogen) atoms. The highest BCUT2D eigenvalue weighted by Gasteiger charge is 2.37. The van der Waals surface area contributed by atoms with Crippen LogP contribution in [0.1, 0.15) is 36.8 Å². The van der Waals surface area contributed by atoms with E-state index in [0.29, 0.717) is 24.4 Å². The summed E-state index contributed by atoms with van der Waals surface area (Å²) < 4.78 is 6.09. The van der Waals surface area contributed by atoms with Gasteiger partial charge in [0.1, 0.15) is 18.9 Å². The normalized spacial score (nSPS) is 17.1. The summed E-state index contributed by atoms with van der Waals surface area (Å²) in [6.07, 6.45) is 5.66. The molecule has 2 fully saturated rings. The summed E-state index contributed by atoms with van der Waals surface area (Å²) in [5.74, 6) is -0.209. The second-order valence-electron chi connectivity index (χ2n) is 9.47. The Morgan fingerprint density at radius 1 is 0.974 bits per heavy atom. The Bertz CT molecular complexity index is 1460. The Hall–Kier alpha value is -4.18. The fraction of sp³-hybridized carbons (Fsp3) is 0.276. The van der Waals surface area contributed by atoms with Gasteiger partial charge < -0.3 is 9.64 Å². The number of likely N-dealkylation sites (tertiary alicyclic amines) is 1. The number of hydrogen-bond donors (Lipinski definition) is 0. The van der Waals surface area contributed by atoms with E-state index >= 15 is 0 Å². The van der Waals surface area contributed by atoms with Crippen LogP contribution in [0.4, 0.5) is 10.5 Å². The van der Waals surface area contributed by atoms with Crippen LogP contribution >= 0.6 is 11.8 Å². The van der Waals surface area contributed by atoms with E-state index in [1.165, 1.54) is 12.1 Å². The third-order valence-electron chi connectivity index (χ3n) is 6.87. The lowest BCUT2D eigenvalue weighted by molar-refractivity contribution is -0.384. The van der Waals surface area contributed by atoms with Crippen molar-refractivity contribution in [1.29, 1.82) is 0 Å². The predicted octanol–water partition coefficient (Wildman–Crippen LogP) is 5.77. The molecule has 0 spiro atoms. The minimum Gasteiger partial charge on any atom is -0.488 e. The molecule has 3 aromatic rings. The van der Waals surface area contributed by atoms with Gasteiger partial charge in [0.15, 0.2) is 0 Å². The number of ether oxygens (including phenoxy) is 1. The second-order valence-corrected chi connectivity index (χ2v) is 10.5. The topological polar surface area (TPSA) is 110 Å². The number of amides is 3. The molecule has 5 rings (SSSR count). The summed E-state index contributed by atoms with van der Waals surface area (Å²) in [4.78, 5) is 52.4. The van der Waals surface area contributed by atoms with Crippen molar-refractivity contribution in [3.8, 4) is 5.75 Å². The Kier molecular flexibility index (Phi) is 7.92. The highest BCUT2D eigenvalue weighted by atomic mass is 32.2. The van der Waals surface area contributed by atoms with Gasteiger partial charge in [0.25, 0.3) is 16.8 Å². The Balaban J connectivity index is 1.39. The summed E-state index contributed by atoms with van der Waals surface area (Å²) in [6, 6.07) is 17.4. The largest absolute Gasteiger partial charge is 0.488 e. The Morgan fingerprint density at radius 3 is 2.41 bits per heavy atom. The standard InChI is InChI=1S/C29H27N3O6S/c33-27(30-15-5-1-2-6-16-30)18-31-28(34)26(39-29(31)35)17-24-23-8-4-3-7-21(23)11-14-25(24)38-19-20-9-12-22(13-10-20)32(36)37/h3-4,7-14,17H,1-2,5-6,15-16,18-19H2. The number of carbonyl (C=O) groups excluding carboxylic acids is 3. The van der Waals surface area contributed by atoms with Crippen molar-refractivity contribution >= 4 is 51.4 Å². The van der Waals surface area contributed by atoms with E-state index in [1.54, 1.807) is 29.2 Å². The average molecular weight is 546 g/mol. The lowest BCUT2D eigenvalue weighted by atomic mass is 10.0. The van der Waals surface area contributed by atoms with Crippen molar-refractivity contribution in [2.75, 3.05) is 19.6 Å². The number of carbonyl (C=O) groups is 3. The van der Waals surface area contributed by atoms with Crippen LogP contribution < -0.4 is 4.74 Å². The summed E-state index contributed by atoms with van der Waals surface area (Å²) in [6.45, 7) is 1.19. The maximum absolute atomic E-state index is 13.3. The monoisotopic (exact) mass is 545 g/mol. The zero-order valence-corrected chi connectivity index (χ0v) is 22.0. The number of non-ortho nitro benzene ring substituents is 1. The van der Waals surface area contributed by atoms with Gasteiger partial charge in [0.2, 0.25) is 5.91 Å². The molecule has 0 aliphatic carbocycles. The summed E-state index contributed by atoms with van der Waals surface area (Å²) in [5.41, 5.74) is 1.38. The molecular weight excluding hydrogens is 518 g/mol. The maximum Gasteiger partial charge on any atom is 0.294 e. The Labute approximate surface area is 229 Å². The number of hydrogen-bond acceptors (Lipinski definition) is 7. The van der Waals surface area contributed by atoms with Gasteiger partial charge in [-0.25, -0.2) is 0 Å². The molecule has 3 amide bonds. The van der Waals surface area contributed by atoms with Crippen molar-refractivity contribution in [1.82, 2.24) is 9.80 Å². The quantitative estimate of drug-likeness (QED) is 0.211. The minimum atomic E-state index is -0.498. The van der Waals surface area contributed by atoms with Crippen LogP contribution in [0.3, 0.4) is 0 Å². The predicted molar refractivity (Wildman–Crippen MR) is 149 cm³/mol. The first-order valence-corrected chi connectivity index (χ1v) is 13.6. The van der Waals surface area contributed by atoms with E-state index < -0.39 is 16.1 Å². The number of nitro groups is 1. The van der Waals surface area contributed by atoms with Gasteiger partial charge in [-0.3, -0.25) is 29.4 Å². The lowest BCUT2D eigenvalue weighted by Crippen LogP contribution is -2.42. The molecule has 3 aromatic carbocycles. The van der Waals surface area contributed by atoms with Crippen LogP contribution in [-0.2, 0) is 16.2 Å². The van der Waals surface area contributed by atoms with Gasteiger partial charge in [0.05, 0.1) is 9.83 Å². The molecule has 9 nitrogen and oxygen atoms in total. The molecular formula is C29H27N3O6S. The van der Waals surface area contributed by atoms with Gasteiger partial charge >= 0.3 is 0 Å². The van der Waals surface area contributed by atoms with Crippen molar-refractivity contribution in [3.63, 3.8) is 0 Å². The van der Waals surface area contributed by atoms with Crippen molar-refractivity contribution in [3.05, 3.63) is 86.8 Å². The Morgan fingerprint density at radius 2 is 1.69 bits per heavy atom. The van der Waals surface area contributed by atoms with Gasteiger partial charge in [-0.1, -0.05) is 43.2 Å². The number of fused-ring (bicyclic) bond motifs is 1. The first-order valence-electron chi connectivity index (χ1n) is 12.8. The first kappa shape index (κ1) is 26.4. The molecule has 200 valence electrons. The van der Waals surface area contributed by atoms with Crippen LogP contribution in [0.5, 0.6) is 5.75 Å². The molecule has 0 N–H and O–H groups in total. The third-order valence-corrected chi connectivity index (χ3v) is 7.78. The van der Waals surface area contributed by atoms with E-state index in [2.05, 4.69) is 0 Å². The molecule has 10 heteroatoms. The summed E-state index contributed by atoms with van der Waals surface area (Å²) in [5, 5.41) is 12.2. The molecule has 0 unspecified atom stereocenters. The molecule has 2 aliphatic heterocycles. The average Bonchev–Trinajstić information content (AvgIpc) is 3.12. The van der Waals surface area contributed by atoms with E-state index in [-0.39, 0.29) is 29.7 Å². The summed E-state index contributed by atoms with van der Waals surface area (Å²) >= 11 is 0.814. The third kappa shape index (κ3) is 5.96. The SMILES string of the molecule is O=C(CN1C(=O)SC(=Cc2c(OCc3ccc([N+](=O)[O-])cc3)ccc3ccccc23)C1=O)N1CCCCCC1. The van der Waals surface area contributed by atoms with Crippen LogP contribution in [0.15, 0.2) is 65.6 Å². The number of nitrogens with zero attached hydrogens (tertiary/aromatic N) is 3. The zero-order chi connectivity index (χ0) is 27.4. The molecule has 2 aliphatic rings. The van der Waals surface area contributed by atoms with Crippen LogP contribution in [0.25, 0.3) is 16.8 Å². The fourth-order valence-electron chi connectivity index (χ4n) is 4.75. The number of nitro benzene ring substituents is 1. The molecule has 0 radical (unpaired) electrons. The highest BCUT2D eigenvalue weighted by molar-refractivity contribution is 8.18. The lowest BCUT2D eigenvalue weighted by Gasteiger charge is -2.22. The molecule has 0 aromatic heterocycles. The molecule has 2 heterocycles. The highest BCUT2D eigenvalue weighted by Crippen LogP contribution is 2.37. The smallest absolute Gasteiger partial charge is 0.294 e. The van der Waals surface area contributed by atoms with Gasteiger partial charge in [-0.05, 0) is 65.2 Å². The summed E-state index contributed by atoms with van der Waals surface area (Å²) in [7, 11) is 0. The first-order chi connectivity index (χ1) is 18.9. The van der Waals surface area contributed by atoms with E-state index in [9.17, 15) is 24.5 Å². The number of benzene rings is 3. The van der Waals surface area contributed by atoms with Crippen molar-refractivity contribution in [2.24, 2.45) is 0 Å². The van der Waals surface area contributed by atoms with E-state index in [4.69, 9.17) is 4.74 Å². The maximum atomic E-state index is 13.3. The second kappa shape index (κ2) is 11.7. The van der Waals surface area contributed by atoms with Crippen molar-refractivity contribution < 1.29 is 24.0 Å². The van der Waals surface area contributed by atoms with E-state index in [1.807, 2.05) is 30.3 Å². The zero-order valence-electron chi connectivity index (χ0n) is 21.2. The van der Waals surface area contributed by atoms with Crippen LogP contribution in [0, 0.1) is 10.1 Å². The molecule has 0 saturated carbocycles. The molecule has 2 saturated heterocycles. The molecule has 0 atom stereocenters. The van der Waals surface area contributed by atoms with Gasteiger partial charge in [0, 0.05) is 30.8 Å². The minimum absolute atomic E-state index is 0.00445. The number of thioether (sulfide) groups is 1. The van der Waals surface area contributed by atoms with Gasteiger partial charge in [-0.15, -0.1) is 0 Å². The fourth-order valence-corrected chi connectivity index (χ4v) is 5.57. The number of rotatable bonds is 7. The van der Waals surface area contributed by atoms with Gasteiger partial charge in [-0.2, -0.15) is 0 Å². The van der Waals surface area contributed by atoms with Crippen LogP contribution in [-0.4, -0.2) is 51.4 Å². The van der Waals surface area contributed by atoms with Crippen LogP contribution in [0.2, 0.25) is 0 Å².